The summed E-state index contributed by atoms with van der Waals surface area (Å²) in [4.78, 5) is 2.73. The van der Waals surface area contributed by atoms with Gasteiger partial charge < -0.3 is 10.2 Å². The van der Waals surface area contributed by atoms with E-state index in [1.54, 1.807) is 0 Å². The maximum absolute atomic E-state index is 3.93. The first kappa shape index (κ1) is 12.9. The van der Waals surface area contributed by atoms with Gasteiger partial charge in [-0.15, -0.1) is 0 Å². The van der Waals surface area contributed by atoms with Crippen molar-refractivity contribution < 1.29 is 0 Å². The zero-order chi connectivity index (χ0) is 12.5. The van der Waals surface area contributed by atoms with Gasteiger partial charge in [-0.05, 0) is 43.4 Å². The summed E-state index contributed by atoms with van der Waals surface area (Å²) >= 11 is 0. The smallest absolute Gasteiger partial charge is 0.0200 e. The van der Waals surface area contributed by atoms with E-state index in [9.17, 15) is 0 Å². The van der Waals surface area contributed by atoms with Crippen molar-refractivity contribution in [3.8, 4) is 0 Å². The average Bonchev–Trinajstić information content (AvgIpc) is 2.69. The fraction of sp³-hybridized carbons (Fsp3) is 1.00. The fourth-order valence-electron chi connectivity index (χ4n) is 4.83. The summed E-state index contributed by atoms with van der Waals surface area (Å²) < 4.78 is 0. The highest BCUT2D eigenvalue weighted by atomic mass is 15.2. The molecule has 1 saturated carbocycles. The molecule has 2 saturated heterocycles. The van der Waals surface area contributed by atoms with Crippen LogP contribution >= 0.6 is 0 Å². The number of nitrogens with one attached hydrogen (secondary N) is 1. The van der Waals surface area contributed by atoms with Gasteiger partial charge >= 0.3 is 0 Å². The Morgan fingerprint density at radius 1 is 1.00 bits per heavy atom. The van der Waals surface area contributed by atoms with Crippen LogP contribution in [0.4, 0.5) is 0 Å². The Bertz CT molecular complexity index is 254. The molecule has 104 valence electrons. The first-order valence-corrected chi connectivity index (χ1v) is 8.19. The van der Waals surface area contributed by atoms with Crippen LogP contribution in [0.3, 0.4) is 0 Å². The first-order chi connectivity index (χ1) is 8.70. The highest BCUT2D eigenvalue weighted by Crippen LogP contribution is 2.33. The SMILES string of the molecule is CC1CC(C)CN(CC2CC3CCCCC3N2)C1. The largest absolute Gasteiger partial charge is 0.310 e. The third-order valence-electron chi connectivity index (χ3n) is 5.37. The Hall–Kier alpha value is -0.0800. The molecule has 1 aliphatic carbocycles. The minimum Gasteiger partial charge on any atom is -0.310 e. The highest BCUT2D eigenvalue weighted by Gasteiger charge is 2.36. The van der Waals surface area contributed by atoms with Crippen molar-refractivity contribution in [2.75, 3.05) is 19.6 Å². The number of rotatable bonds is 2. The van der Waals surface area contributed by atoms with Gasteiger partial charge in [0, 0.05) is 31.7 Å². The second-order valence-corrected chi connectivity index (χ2v) is 7.41. The molecule has 18 heavy (non-hydrogen) atoms. The van der Waals surface area contributed by atoms with Crippen molar-refractivity contribution in [1.82, 2.24) is 10.2 Å². The van der Waals surface area contributed by atoms with Crippen molar-refractivity contribution in [1.29, 1.82) is 0 Å². The fourth-order valence-corrected chi connectivity index (χ4v) is 4.83. The average molecular weight is 250 g/mol. The minimum absolute atomic E-state index is 0.788. The van der Waals surface area contributed by atoms with E-state index >= 15 is 0 Å². The van der Waals surface area contributed by atoms with Crippen molar-refractivity contribution >= 4 is 0 Å². The van der Waals surface area contributed by atoms with Gasteiger partial charge in [0.15, 0.2) is 0 Å². The van der Waals surface area contributed by atoms with Crippen molar-refractivity contribution in [3.63, 3.8) is 0 Å². The van der Waals surface area contributed by atoms with Crippen molar-refractivity contribution in [3.05, 3.63) is 0 Å². The molecular formula is C16H30N2. The van der Waals surface area contributed by atoms with Crippen LogP contribution in [-0.2, 0) is 0 Å². The Labute approximate surface area is 113 Å². The standard InChI is InChI=1S/C16H30N2/c1-12-7-13(2)10-18(9-12)11-15-8-14-5-3-4-6-16(14)17-15/h12-17H,3-11H2,1-2H3. The van der Waals surface area contributed by atoms with E-state index in [4.69, 9.17) is 0 Å². The number of fused-ring (bicyclic) bond motifs is 1. The Balaban J connectivity index is 1.51. The van der Waals surface area contributed by atoms with Gasteiger partial charge in [0.1, 0.15) is 0 Å². The van der Waals surface area contributed by atoms with E-state index in [-0.39, 0.29) is 0 Å². The van der Waals surface area contributed by atoms with Gasteiger partial charge in [-0.3, -0.25) is 0 Å². The zero-order valence-corrected chi connectivity index (χ0v) is 12.2. The lowest BCUT2D eigenvalue weighted by atomic mass is 9.85. The summed E-state index contributed by atoms with van der Waals surface area (Å²) in [6.07, 6.45) is 8.74. The third kappa shape index (κ3) is 2.91. The van der Waals surface area contributed by atoms with Gasteiger partial charge in [0.2, 0.25) is 0 Å². The lowest BCUT2D eigenvalue weighted by Crippen LogP contribution is -2.46. The van der Waals surface area contributed by atoms with E-state index in [1.165, 1.54) is 58.2 Å². The van der Waals surface area contributed by atoms with Crippen molar-refractivity contribution in [2.24, 2.45) is 17.8 Å². The molecule has 0 aromatic carbocycles. The van der Waals surface area contributed by atoms with E-state index in [0.717, 1.165) is 29.8 Å². The van der Waals surface area contributed by atoms with Gasteiger partial charge in [-0.2, -0.15) is 0 Å². The van der Waals surface area contributed by atoms with Crippen LogP contribution < -0.4 is 5.32 Å². The molecule has 0 amide bonds. The molecule has 2 heteroatoms. The number of likely N-dealkylation sites (tertiary alicyclic amines) is 1. The van der Waals surface area contributed by atoms with Crippen LogP contribution in [0.2, 0.25) is 0 Å². The van der Waals surface area contributed by atoms with E-state index in [2.05, 4.69) is 24.1 Å². The van der Waals surface area contributed by atoms with E-state index in [1.807, 2.05) is 0 Å². The lowest BCUT2D eigenvalue weighted by molar-refractivity contribution is 0.130. The molecule has 1 N–H and O–H groups in total. The summed E-state index contributed by atoms with van der Waals surface area (Å²) in [5.74, 6) is 2.80. The molecule has 3 aliphatic rings. The molecule has 3 rings (SSSR count). The van der Waals surface area contributed by atoms with Crippen LogP contribution in [0.5, 0.6) is 0 Å². The number of hydrogen-bond donors (Lipinski definition) is 1. The van der Waals surface area contributed by atoms with E-state index < -0.39 is 0 Å². The first-order valence-electron chi connectivity index (χ1n) is 8.19. The summed E-state index contributed by atoms with van der Waals surface area (Å²) in [5.41, 5.74) is 0. The van der Waals surface area contributed by atoms with Crippen LogP contribution in [0.25, 0.3) is 0 Å². The molecule has 2 heterocycles. The predicted molar refractivity (Wildman–Crippen MR) is 76.7 cm³/mol. The van der Waals surface area contributed by atoms with Crippen LogP contribution in [0, 0.1) is 17.8 Å². The quantitative estimate of drug-likeness (QED) is 0.811. The summed E-state index contributed by atoms with van der Waals surface area (Å²) in [5, 5.41) is 3.93. The predicted octanol–water partition coefficient (Wildman–Crippen LogP) is 2.89. The summed E-state index contributed by atoms with van der Waals surface area (Å²) in [6, 6.07) is 1.65. The molecule has 0 aromatic heterocycles. The maximum Gasteiger partial charge on any atom is 0.0200 e. The number of nitrogens with zero attached hydrogens (tertiary/aromatic N) is 1. The highest BCUT2D eigenvalue weighted by molar-refractivity contribution is 4.94. The van der Waals surface area contributed by atoms with Crippen LogP contribution in [-0.4, -0.2) is 36.6 Å². The molecule has 5 atom stereocenters. The lowest BCUT2D eigenvalue weighted by Gasteiger charge is -2.36. The Kier molecular flexibility index (Phi) is 3.95. The van der Waals surface area contributed by atoms with Gasteiger partial charge in [0.05, 0.1) is 0 Å². The molecule has 0 aromatic rings. The van der Waals surface area contributed by atoms with Crippen LogP contribution in [0.15, 0.2) is 0 Å². The number of hydrogen-bond acceptors (Lipinski definition) is 2. The molecule has 3 fully saturated rings. The second-order valence-electron chi connectivity index (χ2n) is 7.41. The molecular weight excluding hydrogens is 220 g/mol. The molecule has 0 radical (unpaired) electrons. The van der Waals surface area contributed by atoms with Gasteiger partial charge in [-0.1, -0.05) is 26.7 Å². The minimum atomic E-state index is 0.788. The van der Waals surface area contributed by atoms with Gasteiger partial charge in [-0.25, -0.2) is 0 Å². The van der Waals surface area contributed by atoms with Crippen molar-refractivity contribution in [2.45, 2.75) is 64.5 Å². The molecule has 2 aliphatic heterocycles. The van der Waals surface area contributed by atoms with E-state index in [0.29, 0.717) is 0 Å². The third-order valence-corrected chi connectivity index (χ3v) is 5.37. The monoisotopic (exact) mass is 250 g/mol. The second kappa shape index (κ2) is 5.50. The summed E-state index contributed by atoms with van der Waals surface area (Å²) in [7, 11) is 0. The topological polar surface area (TPSA) is 15.3 Å². The Morgan fingerprint density at radius 3 is 2.44 bits per heavy atom. The number of piperidine rings is 1. The van der Waals surface area contributed by atoms with Gasteiger partial charge in [0.25, 0.3) is 0 Å². The normalized spacial score (nSPS) is 46.0. The molecule has 5 unspecified atom stereocenters. The Morgan fingerprint density at radius 2 is 1.72 bits per heavy atom. The van der Waals surface area contributed by atoms with Crippen LogP contribution in [0.1, 0.15) is 52.4 Å². The molecule has 0 spiro atoms. The zero-order valence-electron chi connectivity index (χ0n) is 12.2. The molecule has 2 nitrogen and oxygen atoms in total. The molecule has 0 bridgehead atoms. The maximum atomic E-state index is 3.93. The summed E-state index contributed by atoms with van der Waals surface area (Å²) in [6.45, 7) is 8.81.